The monoisotopic (exact) mass is 356 g/mol. The molecule has 0 atom stereocenters. The summed E-state index contributed by atoms with van der Waals surface area (Å²) >= 11 is 0. The smallest absolute Gasteiger partial charge is 0.340 e. The van der Waals surface area contributed by atoms with E-state index in [-0.39, 0.29) is 11.6 Å². The molecule has 1 amide bonds. The number of nitrogens with zero attached hydrogens (tertiary/aromatic N) is 2. The fourth-order valence-electron chi connectivity index (χ4n) is 2.25. The number of amides is 1. The van der Waals surface area contributed by atoms with Gasteiger partial charge in [0.25, 0.3) is 5.91 Å². The average Bonchev–Trinajstić information content (AvgIpc) is 2.59. The van der Waals surface area contributed by atoms with Crippen LogP contribution in [0.1, 0.15) is 47.4 Å². The second-order valence-corrected chi connectivity index (χ2v) is 6.18. The molecule has 0 aliphatic rings. The van der Waals surface area contributed by atoms with Gasteiger partial charge in [0, 0.05) is 12.6 Å². The highest BCUT2D eigenvalue weighted by Gasteiger charge is 2.15. The Labute approximate surface area is 153 Å². The predicted molar refractivity (Wildman–Crippen MR) is 99.6 cm³/mol. The Hall–Kier alpha value is -2.96. The molecule has 0 fully saturated rings. The van der Waals surface area contributed by atoms with E-state index in [1.54, 1.807) is 44.2 Å². The van der Waals surface area contributed by atoms with E-state index in [9.17, 15) is 9.59 Å². The summed E-state index contributed by atoms with van der Waals surface area (Å²) in [5.41, 5.74) is 1.23. The molecule has 0 radical (unpaired) electrons. The number of anilines is 2. The lowest BCUT2D eigenvalue weighted by atomic mass is 10.1. The first kappa shape index (κ1) is 19.4. The van der Waals surface area contributed by atoms with Crippen LogP contribution in [-0.4, -0.2) is 35.0 Å². The zero-order valence-electron chi connectivity index (χ0n) is 15.5. The van der Waals surface area contributed by atoms with E-state index in [1.165, 1.54) is 0 Å². The minimum atomic E-state index is -0.420. The molecule has 1 aromatic carbocycles. The maximum Gasteiger partial charge on any atom is 0.340 e. The predicted octanol–water partition coefficient (Wildman–Crippen LogP) is 3.09. The number of benzene rings is 1. The number of nitrogens with one attached hydrogen (secondary N) is 2. The molecule has 7 nitrogen and oxygen atoms in total. The van der Waals surface area contributed by atoms with Crippen molar-refractivity contribution in [2.75, 3.05) is 18.5 Å². The van der Waals surface area contributed by atoms with Gasteiger partial charge in [0.05, 0.1) is 17.9 Å². The van der Waals surface area contributed by atoms with Gasteiger partial charge in [-0.05, 0) is 31.9 Å². The van der Waals surface area contributed by atoms with E-state index in [1.807, 2.05) is 13.8 Å². The first-order valence-electron chi connectivity index (χ1n) is 8.57. The molecule has 0 spiro atoms. The van der Waals surface area contributed by atoms with Crippen molar-refractivity contribution in [2.24, 2.45) is 5.92 Å². The van der Waals surface area contributed by atoms with Gasteiger partial charge in [-0.3, -0.25) is 4.79 Å². The Kier molecular flexibility index (Phi) is 6.66. The lowest BCUT2D eigenvalue weighted by molar-refractivity contribution is 0.0527. The number of carbonyl (C=O) groups is 2. The number of rotatable bonds is 7. The first-order valence-corrected chi connectivity index (χ1v) is 8.57. The molecule has 2 N–H and O–H groups in total. The summed E-state index contributed by atoms with van der Waals surface area (Å²) in [7, 11) is 0. The topological polar surface area (TPSA) is 93.2 Å². The molecule has 0 bridgehead atoms. The zero-order chi connectivity index (χ0) is 19.1. The van der Waals surface area contributed by atoms with E-state index in [0.717, 1.165) is 0 Å². The van der Waals surface area contributed by atoms with Crippen molar-refractivity contribution in [1.29, 1.82) is 0 Å². The fraction of sp³-hybridized carbons (Fsp3) is 0.368. The van der Waals surface area contributed by atoms with Gasteiger partial charge in [0.2, 0.25) is 0 Å². The fourth-order valence-corrected chi connectivity index (χ4v) is 2.25. The Bertz CT molecular complexity index is 790. The van der Waals surface area contributed by atoms with Crippen LogP contribution in [0.5, 0.6) is 0 Å². The van der Waals surface area contributed by atoms with Crippen LogP contribution in [0.15, 0.2) is 30.3 Å². The molecule has 0 aliphatic heterocycles. The highest BCUT2D eigenvalue weighted by Crippen LogP contribution is 2.21. The number of hydrogen-bond donors (Lipinski definition) is 2. The quantitative estimate of drug-likeness (QED) is 0.741. The van der Waals surface area contributed by atoms with Crippen LogP contribution in [0.25, 0.3) is 0 Å². The van der Waals surface area contributed by atoms with Gasteiger partial charge in [0.1, 0.15) is 17.3 Å². The molecule has 0 aliphatic carbocycles. The molecule has 0 unspecified atom stereocenters. The van der Waals surface area contributed by atoms with E-state index >= 15 is 0 Å². The Morgan fingerprint density at radius 1 is 1.19 bits per heavy atom. The highest BCUT2D eigenvalue weighted by atomic mass is 16.5. The van der Waals surface area contributed by atoms with E-state index < -0.39 is 5.97 Å². The second-order valence-electron chi connectivity index (χ2n) is 6.18. The van der Waals surface area contributed by atoms with Crippen molar-refractivity contribution < 1.29 is 14.3 Å². The number of aryl methyl sites for hydroxylation is 1. The minimum Gasteiger partial charge on any atom is -0.462 e. The summed E-state index contributed by atoms with van der Waals surface area (Å²) in [5.74, 6) is 0.556. The number of esters is 1. The molecular weight excluding hydrogens is 332 g/mol. The zero-order valence-corrected chi connectivity index (χ0v) is 15.5. The molecule has 2 rings (SSSR count). The van der Waals surface area contributed by atoms with Crippen LogP contribution in [-0.2, 0) is 4.74 Å². The van der Waals surface area contributed by atoms with E-state index in [0.29, 0.717) is 42.0 Å². The largest absolute Gasteiger partial charge is 0.462 e. The van der Waals surface area contributed by atoms with Crippen LogP contribution in [0.3, 0.4) is 0 Å². The molecule has 7 heteroatoms. The Morgan fingerprint density at radius 3 is 2.62 bits per heavy atom. The molecule has 0 saturated heterocycles. The van der Waals surface area contributed by atoms with Gasteiger partial charge in [-0.1, -0.05) is 26.0 Å². The van der Waals surface area contributed by atoms with Gasteiger partial charge >= 0.3 is 5.97 Å². The molecule has 138 valence electrons. The standard InChI is InChI=1S/C19H24N4O3/c1-5-26-19(25)14-8-6-7-9-15(14)23-17-10-16(21-13(4)22-17)18(24)20-11-12(2)3/h6-10,12H,5,11H2,1-4H3,(H,20,24)(H,21,22,23). The summed E-state index contributed by atoms with van der Waals surface area (Å²) in [4.78, 5) is 32.8. The number of para-hydroxylation sites is 1. The molecule has 2 aromatic rings. The van der Waals surface area contributed by atoms with Crippen molar-refractivity contribution in [3.8, 4) is 0 Å². The number of aromatic nitrogens is 2. The average molecular weight is 356 g/mol. The number of hydrogen-bond acceptors (Lipinski definition) is 6. The van der Waals surface area contributed by atoms with Gasteiger partial charge in [0.15, 0.2) is 0 Å². The summed E-state index contributed by atoms with van der Waals surface area (Å²) in [6.45, 7) is 8.36. The number of carbonyl (C=O) groups excluding carboxylic acids is 2. The summed E-state index contributed by atoms with van der Waals surface area (Å²) in [6.07, 6.45) is 0. The van der Waals surface area contributed by atoms with Crippen LogP contribution < -0.4 is 10.6 Å². The highest BCUT2D eigenvalue weighted by molar-refractivity contribution is 5.97. The lowest BCUT2D eigenvalue weighted by Crippen LogP contribution is -2.28. The van der Waals surface area contributed by atoms with Crippen LogP contribution >= 0.6 is 0 Å². The summed E-state index contributed by atoms with van der Waals surface area (Å²) in [6, 6.07) is 8.54. The van der Waals surface area contributed by atoms with Crippen LogP contribution in [0.4, 0.5) is 11.5 Å². The SMILES string of the molecule is CCOC(=O)c1ccccc1Nc1cc(C(=O)NCC(C)C)nc(C)n1. The normalized spacial score (nSPS) is 10.5. The van der Waals surface area contributed by atoms with Crippen molar-refractivity contribution in [3.63, 3.8) is 0 Å². The third-order valence-corrected chi connectivity index (χ3v) is 3.43. The summed E-state index contributed by atoms with van der Waals surface area (Å²) in [5, 5.41) is 5.91. The molecule has 26 heavy (non-hydrogen) atoms. The van der Waals surface area contributed by atoms with Crippen LogP contribution in [0.2, 0.25) is 0 Å². The summed E-state index contributed by atoms with van der Waals surface area (Å²) < 4.78 is 5.07. The van der Waals surface area contributed by atoms with E-state index in [2.05, 4.69) is 20.6 Å². The van der Waals surface area contributed by atoms with Gasteiger partial charge in [-0.2, -0.15) is 0 Å². The van der Waals surface area contributed by atoms with E-state index in [4.69, 9.17) is 4.74 Å². The third kappa shape index (κ3) is 5.27. The molecule has 1 aromatic heterocycles. The Morgan fingerprint density at radius 2 is 1.92 bits per heavy atom. The number of ether oxygens (including phenoxy) is 1. The van der Waals surface area contributed by atoms with Crippen molar-refractivity contribution in [1.82, 2.24) is 15.3 Å². The van der Waals surface area contributed by atoms with Gasteiger partial charge in [-0.25, -0.2) is 14.8 Å². The van der Waals surface area contributed by atoms with Gasteiger partial charge < -0.3 is 15.4 Å². The first-order chi connectivity index (χ1) is 12.4. The Balaban J connectivity index is 2.25. The van der Waals surface area contributed by atoms with Crippen molar-refractivity contribution in [2.45, 2.75) is 27.7 Å². The second kappa shape index (κ2) is 8.94. The maximum atomic E-state index is 12.3. The van der Waals surface area contributed by atoms with Gasteiger partial charge in [-0.15, -0.1) is 0 Å². The lowest BCUT2D eigenvalue weighted by Gasteiger charge is -2.12. The minimum absolute atomic E-state index is 0.258. The van der Waals surface area contributed by atoms with Crippen molar-refractivity contribution in [3.05, 3.63) is 47.4 Å². The maximum absolute atomic E-state index is 12.3. The third-order valence-electron chi connectivity index (χ3n) is 3.43. The van der Waals surface area contributed by atoms with Crippen molar-refractivity contribution >= 4 is 23.4 Å². The van der Waals surface area contributed by atoms with Crippen LogP contribution in [0, 0.1) is 12.8 Å². The molecule has 0 saturated carbocycles. The molecule has 1 heterocycles. The molecular formula is C19H24N4O3.